The number of hydrogen-bond donors (Lipinski definition) is 2. The second-order valence-corrected chi connectivity index (χ2v) is 5.56. The normalized spacial score (nSPS) is 13.7. The summed E-state index contributed by atoms with van der Waals surface area (Å²) in [6, 6.07) is 2.38. The van der Waals surface area contributed by atoms with Crippen LogP contribution in [-0.2, 0) is 0 Å². The van der Waals surface area contributed by atoms with Gasteiger partial charge in [-0.05, 0) is 24.6 Å². The monoisotopic (exact) mass is 334 g/mol. The summed E-state index contributed by atoms with van der Waals surface area (Å²) in [6.07, 6.45) is 4.88. The van der Waals surface area contributed by atoms with Crippen molar-refractivity contribution in [3.8, 4) is 0 Å². The number of nitrogens with zero attached hydrogens (tertiary/aromatic N) is 3. The van der Waals surface area contributed by atoms with Crippen LogP contribution in [0, 0.1) is 16.0 Å². The molecule has 1 amide bonds. The van der Waals surface area contributed by atoms with Crippen LogP contribution in [0.15, 0.2) is 41.3 Å². The fraction of sp³-hybridized carbons (Fsp3) is 0.438. The molecule has 1 aromatic heterocycles. The van der Waals surface area contributed by atoms with E-state index in [2.05, 4.69) is 15.5 Å². The van der Waals surface area contributed by atoms with Gasteiger partial charge in [0.1, 0.15) is 0 Å². The molecule has 1 heterocycles. The molecule has 0 spiro atoms. The Hall–Kier alpha value is -2.77. The molecule has 0 aliphatic carbocycles. The minimum absolute atomic E-state index is 0.0454. The summed E-state index contributed by atoms with van der Waals surface area (Å²) in [5.41, 5.74) is 1.06. The van der Waals surface area contributed by atoms with Gasteiger partial charge >= 0.3 is 0 Å². The largest absolute Gasteiger partial charge is 0.411 e. The molecule has 2 N–H and O–H groups in total. The molecule has 1 aromatic rings. The number of pyridine rings is 1. The van der Waals surface area contributed by atoms with Crippen molar-refractivity contribution in [2.75, 3.05) is 6.54 Å². The summed E-state index contributed by atoms with van der Waals surface area (Å²) in [6.45, 7) is 5.28. The minimum Gasteiger partial charge on any atom is -0.411 e. The van der Waals surface area contributed by atoms with Crippen LogP contribution < -0.4 is 5.32 Å². The summed E-state index contributed by atoms with van der Waals surface area (Å²) in [7, 11) is 0. The molecule has 0 aliphatic rings. The fourth-order valence-electron chi connectivity index (χ4n) is 2.30. The average molecular weight is 334 g/mol. The van der Waals surface area contributed by atoms with Gasteiger partial charge in [-0.2, -0.15) is 0 Å². The SMILES string of the molecule is CC/C(=C\C(CNC(=O)c1cccnc1)=N\O)[C@@H](C(C)C)[N+](=O)[O-]. The number of nitrogens with one attached hydrogen (secondary N) is 1. The molecule has 0 bridgehead atoms. The number of oxime groups is 1. The summed E-state index contributed by atoms with van der Waals surface area (Å²) in [5.74, 6) is -0.568. The van der Waals surface area contributed by atoms with E-state index in [1.807, 2.05) is 0 Å². The quantitative estimate of drug-likeness (QED) is 0.327. The summed E-state index contributed by atoms with van der Waals surface area (Å²) in [5, 5.41) is 26.1. The lowest BCUT2D eigenvalue weighted by Gasteiger charge is -2.16. The first-order valence-corrected chi connectivity index (χ1v) is 7.63. The van der Waals surface area contributed by atoms with E-state index in [1.165, 1.54) is 12.3 Å². The van der Waals surface area contributed by atoms with Gasteiger partial charge in [-0.3, -0.25) is 19.9 Å². The highest BCUT2D eigenvalue weighted by Gasteiger charge is 2.28. The van der Waals surface area contributed by atoms with Gasteiger partial charge in [0.05, 0.1) is 17.8 Å². The van der Waals surface area contributed by atoms with Gasteiger partial charge in [-0.25, -0.2) is 0 Å². The van der Waals surface area contributed by atoms with Gasteiger partial charge in [0.25, 0.3) is 5.91 Å². The summed E-state index contributed by atoms with van der Waals surface area (Å²) < 4.78 is 0. The van der Waals surface area contributed by atoms with E-state index >= 15 is 0 Å². The number of carbonyl (C=O) groups is 1. The van der Waals surface area contributed by atoms with Crippen LogP contribution in [0.1, 0.15) is 37.6 Å². The molecule has 8 heteroatoms. The van der Waals surface area contributed by atoms with Gasteiger partial charge in [0.15, 0.2) is 0 Å². The average Bonchev–Trinajstić information content (AvgIpc) is 2.57. The Morgan fingerprint density at radius 3 is 2.71 bits per heavy atom. The molecule has 0 saturated heterocycles. The van der Waals surface area contributed by atoms with Crippen molar-refractivity contribution in [3.63, 3.8) is 0 Å². The molecular formula is C16H22N4O4. The number of aromatic nitrogens is 1. The number of rotatable bonds is 8. The topological polar surface area (TPSA) is 118 Å². The number of carbonyl (C=O) groups excluding carboxylic acids is 1. The first-order valence-electron chi connectivity index (χ1n) is 7.63. The fourth-order valence-corrected chi connectivity index (χ4v) is 2.30. The first kappa shape index (κ1) is 19.3. The smallest absolute Gasteiger partial charge is 0.253 e. The third-order valence-corrected chi connectivity index (χ3v) is 3.48. The Morgan fingerprint density at radius 1 is 1.54 bits per heavy atom. The van der Waals surface area contributed by atoms with Crippen LogP contribution in [0.2, 0.25) is 0 Å². The van der Waals surface area contributed by atoms with E-state index in [-0.39, 0.29) is 29.0 Å². The van der Waals surface area contributed by atoms with E-state index in [0.717, 1.165) is 0 Å². The maximum atomic E-state index is 12.0. The summed E-state index contributed by atoms with van der Waals surface area (Å²) in [4.78, 5) is 26.7. The van der Waals surface area contributed by atoms with Gasteiger partial charge < -0.3 is 10.5 Å². The lowest BCUT2D eigenvalue weighted by Crippen LogP contribution is -2.31. The number of hydrogen-bond acceptors (Lipinski definition) is 6. The van der Waals surface area contributed by atoms with Crippen molar-refractivity contribution in [3.05, 3.63) is 51.9 Å². The van der Waals surface area contributed by atoms with E-state index in [1.54, 1.807) is 39.1 Å². The lowest BCUT2D eigenvalue weighted by molar-refractivity contribution is -0.520. The zero-order valence-electron chi connectivity index (χ0n) is 14.0. The highest BCUT2D eigenvalue weighted by molar-refractivity contribution is 6.01. The van der Waals surface area contributed by atoms with Crippen molar-refractivity contribution < 1.29 is 14.9 Å². The van der Waals surface area contributed by atoms with E-state index in [0.29, 0.717) is 17.6 Å². The molecule has 0 aromatic carbocycles. The third-order valence-electron chi connectivity index (χ3n) is 3.48. The molecule has 0 saturated carbocycles. The minimum atomic E-state index is -0.860. The van der Waals surface area contributed by atoms with Gasteiger partial charge in [-0.15, -0.1) is 0 Å². The van der Waals surface area contributed by atoms with Crippen LogP contribution in [0.5, 0.6) is 0 Å². The maximum Gasteiger partial charge on any atom is 0.253 e. The molecule has 0 unspecified atom stereocenters. The maximum absolute atomic E-state index is 12.0. The Labute approximate surface area is 140 Å². The van der Waals surface area contributed by atoms with E-state index in [9.17, 15) is 14.9 Å². The van der Waals surface area contributed by atoms with Crippen LogP contribution in [-0.4, -0.2) is 39.3 Å². The highest BCUT2D eigenvalue weighted by Crippen LogP contribution is 2.18. The van der Waals surface area contributed by atoms with Crippen molar-refractivity contribution >= 4 is 11.6 Å². The molecule has 130 valence electrons. The molecule has 0 aliphatic heterocycles. The van der Waals surface area contributed by atoms with Gasteiger partial charge in [0, 0.05) is 28.8 Å². The standard InChI is InChI=1S/C16H22N4O4/c1-4-12(15(11(2)3)20(23)24)8-14(19-22)10-18-16(21)13-6-5-7-17-9-13/h5-9,11,15,22H,4,10H2,1-3H3,(H,18,21)/b12-8+,19-14-/t15-/m1/s1. The van der Waals surface area contributed by atoms with Gasteiger partial charge in [-0.1, -0.05) is 25.9 Å². The molecule has 1 rings (SSSR count). The van der Waals surface area contributed by atoms with Crippen LogP contribution in [0.4, 0.5) is 0 Å². The first-order chi connectivity index (χ1) is 11.4. The third kappa shape index (κ3) is 5.45. The van der Waals surface area contributed by atoms with Crippen molar-refractivity contribution in [1.29, 1.82) is 0 Å². The van der Waals surface area contributed by atoms with Crippen LogP contribution in [0.3, 0.4) is 0 Å². The lowest BCUT2D eigenvalue weighted by atomic mass is 9.93. The Bertz CT molecular complexity index is 626. The van der Waals surface area contributed by atoms with Crippen molar-refractivity contribution in [2.24, 2.45) is 11.1 Å². The number of nitro groups is 1. The van der Waals surface area contributed by atoms with Gasteiger partial charge in [0.2, 0.25) is 6.04 Å². The Kier molecular flexibility index (Phi) is 7.54. The molecule has 1 atom stereocenters. The second-order valence-electron chi connectivity index (χ2n) is 5.56. The molecule has 0 fully saturated rings. The van der Waals surface area contributed by atoms with E-state index < -0.39 is 6.04 Å². The van der Waals surface area contributed by atoms with Crippen LogP contribution >= 0.6 is 0 Å². The second kappa shape index (κ2) is 9.39. The zero-order chi connectivity index (χ0) is 18.1. The van der Waals surface area contributed by atoms with E-state index in [4.69, 9.17) is 5.21 Å². The zero-order valence-corrected chi connectivity index (χ0v) is 14.0. The molecule has 8 nitrogen and oxygen atoms in total. The Morgan fingerprint density at radius 2 is 2.25 bits per heavy atom. The molecule has 24 heavy (non-hydrogen) atoms. The van der Waals surface area contributed by atoms with Crippen LogP contribution in [0.25, 0.3) is 0 Å². The predicted molar refractivity (Wildman–Crippen MR) is 89.8 cm³/mol. The molecular weight excluding hydrogens is 312 g/mol. The predicted octanol–water partition coefficient (Wildman–Crippen LogP) is 2.28. The van der Waals surface area contributed by atoms with Crippen molar-refractivity contribution in [1.82, 2.24) is 10.3 Å². The highest BCUT2D eigenvalue weighted by atomic mass is 16.6. The number of amides is 1. The van der Waals surface area contributed by atoms with Crippen molar-refractivity contribution in [2.45, 2.75) is 33.2 Å². The summed E-state index contributed by atoms with van der Waals surface area (Å²) >= 11 is 0. The Balaban J connectivity index is 2.85. The molecule has 0 radical (unpaired) electrons.